The maximum atomic E-state index is 12.8. The van der Waals surface area contributed by atoms with Crippen molar-refractivity contribution in [1.29, 1.82) is 0 Å². The molecule has 208 valence electrons. The number of nitrogens with two attached hydrogens (primary N) is 1. The van der Waals surface area contributed by atoms with Crippen molar-refractivity contribution < 1.29 is 38.5 Å². The summed E-state index contributed by atoms with van der Waals surface area (Å²) in [5.74, 6) is -4.52. The van der Waals surface area contributed by atoms with Gasteiger partial charge in [-0.25, -0.2) is 0 Å². The minimum absolute atomic E-state index is 0.00581. The van der Waals surface area contributed by atoms with Crippen LogP contribution in [0.1, 0.15) is 80.2 Å². The molecule has 0 aromatic heterocycles. The van der Waals surface area contributed by atoms with Crippen molar-refractivity contribution in [2.24, 2.45) is 35.3 Å². The van der Waals surface area contributed by atoms with E-state index in [9.17, 15) is 24.3 Å². The van der Waals surface area contributed by atoms with Crippen molar-refractivity contribution in [2.45, 2.75) is 86.8 Å². The maximum absolute atomic E-state index is 12.8. The fraction of sp³-hybridized carbons (Fsp3) is 0.643. The largest absolute Gasteiger partial charge is 0.480 e. The standard InChI is InChI=1S/C28H43NO8/c1-14(2)18(8)27(33)36-22-11-10-20(13-23(22)37-28(34)19(9)15(3)4)21(24(29)25(30)31)12-17(7)35-26(32)16(5)6/h10-11,13-19,21,24H,12,29H2,1-9H3,(H,30,31)/t17?,18?,19?,21?,24-/m0/s1. The molecule has 0 spiro atoms. The first-order valence-corrected chi connectivity index (χ1v) is 12.8. The molecular formula is C28H43NO8. The highest BCUT2D eigenvalue weighted by Crippen LogP contribution is 2.36. The maximum Gasteiger partial charge on any atom is 0.321 e. The average Bonchev–Trinajstić information content (AvgIpc) is 2.81. The number of rotatable bonds is 13. The smallest absolute Gasteiger partial charge is 0.321 e. The van der Waals surface area contributed by atoms with Crippen LogP contribution in [0.25, 0.3) is 0 Å². The van der Waals surface area contributed by atoms with Gasteiger partial charge in [-0.1, -0.05) is 61.5 Å². The number of ether oxygens (including phenoxy) is 3. The molecule has 1 aromatic carbocycles. The van der Waals surface area contributed by atoms with E-state index in [-0.39, 0.29) is 35.7 Å². The molecule has 1 aromatic rings. The van der Waals surface area contributed by atoms with E-state index < -0.39 is 53.8 Å². The van der Waals surface area contributed by atoms with Gasteiger partial charge in [-0.05, 0) is 42.9 Å². The first-order chi connectivity index (χ1) is 17.1. The third-order valence-electron chi connectivity index (χ3n) is 6.65. The summed E-state index contributed by atoms with van der Waals surface area (Å²) in [5, 5.41) is 9.64. The number of carboxylic acid groups (broad SMARTS) is 1. The third kappa shape index (κ3) is 9.46. The van der Waals surface area contributed by atoms with Gasteiger partial charge in [-0.15, -0.1) is 0 Å². The Morgan fingerprint density at radius 3 is 1.70 bits per heavy atom. The number of carboxylic acids is 1. The summed E-state index contributed by atoms with van der Waals surface area (Å²) >= 11 is 0. The molecule has 4 unspecified atom stereocenters. The van der Waals surface area contributed by atoms with Gasteiger partial charge in [0.05, 0.1) is 23.9 Å². The molecule has 0 saturated carbocycles. The highest BCUT2D eigenvalue weighted by Gasteiger charge is 2.31. The monoisotopic (exact) mass is 521 g/mol. The van der Waals surface area contributed by atoms with E-state index >= 15 is 0 Å². The van der Waals surface area contributed by atoms with Crippen LogP contribution in [0.4, 0.5) is 0 Å². The Kier molecular flexibility index (Phi) is 12.2. The van der Waals surface area contributed by atoms with Crippen molar-refractivity contribution in [3.05, 3.63) is 23.8 Å². The van der Waals surface area contributed by atoms with Gasteiger partial charge in [0.1, 0.15) is 6.04 Å². The van der Waals surface area contributed by atoms with Gasteiger partial charge >= 0.3 is 23.9 Å². The van der Waals surface area contributed by atoms with Crippen molar-refractivity contribution in [2.75, 3.05) is 0 Å². The van der Waals surface area contributed by atoms with E-state index in [0.29, 0.717) is 5.56 Å². The van der Waals surface area contributed by atoms with E-state index in [1.807, 2.05) is 27.7 Å². The number of carbonyl (C=O) groups is 4. The van der Waals surface area contributed by atoms with Crippen LogP contribution >= 0.6 is 0 Å². The van der Waals surface area contributed by atoms with Crippen LogP contribution in [0.2, 0.25) is 0 Å². The molecule has 9 heteroatoms. The molecule has 1 rings (SSSR count). The van der Waals surface area contributed by atoms with E-state index in [4.69, 9.17) is 19.9 Å². The van der Waals surface area contributed by atoms with Crippen molar-refractivity contribution in [3.63, 3.8) is 0 Å². The highest BCUT2D eigenvalue weighted by atomic mass is 16.6. The normalized spacial score (nSPS) is 15.6. The molecule has 0 heterocycles. The second-order valence-corrected chi connectivity index (χ2v) is 10.7. The Balaban J connectivity index is 3.47. The number of hydrogen-bond donors (Lipinski definition) is 2. The number of esters is 3. The highest BCUT2D eigenvalue weighted by molar-refractivity contribution is 5.79. The second-order valence-electron chi connectivity index (χ2n) is 10.7. The topological polar surface area (TPSA) is 142 Å². The molecule has 0 saturated heterocycles. The van der Waals surface area contributed by atoms with Crippen LogP contribution in [0.5, 0.6) is 11.5 Å². The number of carbonyl (C=O) groups excluding carboxylic acids is 3. The van der Waals surface area contributed by atoms with Gasteiger partial charge in [0.2, 0.25) is 0 Å². The lowest BCUT2D eigenvalue weighted by atomic mass is 9.87. The van der Waals surface area contributed by atoms with Crippen LogP contribution < -0.4 is 15.2 Å². The van der Waals surface area contributed by atoms with Crippen LogP contribution in [0, 0.1) is 29.6 Å². The quantitative estimate of drug-likeness (QED) is 0.282. The lowest BCUT2D eigenvalue weighted by Gasteiger charge is -2.26. The van der Waals surface area contributed by atoms with E-state index in [1.54, 1.807) is 40.7 Å². The molecule has 0 aliphatic heterocycles. The lowest BCUT2D eigenvalue weighted by molar-refractivity contribution is -0.152. The molecular weight excluding hydrogens is 478 g/mol. The number of hydrogen-bond acceptors (Lipinski definition) is 8. The molecule has 0 aliphatic carbocycles. The zero-order chi connectivity index (χ0) is 28.6. The van der Waals surface area contributed by atoms with Crippen LogP contribution in [0.15, 0.2) is 18.2 Å². The Labute approximate surface area is 220 Å². The molecule has 3 N–H and O–H groups in total. The van der Waals surface area contributed by atoms with Crippen LogP contribution in [0.3, 0.4) is 0 Å². The van der Waals surface area contributed by atoms with Crippen molar-refractivity contribution in [3.8, 4) is 11.5 Å². The number of benzene rings is 1. The fourth-order valence-corrected chi connectivity index (χ4v) is 3.27. The molecule has 0 aliphatic rings. The first kappa shape index (κ1) is 32.1. The predicted octanol–water partition coefficient (Wildman–Crippen LogP) is 4.55. The summed E-state index contributed by atoms with van der Waals surface area (Å²) in [7, 11) is 0. The summed E-state index contributed by atoms with van der Waals surface area (Å²) < 4.78 is 16.7. The molecule has 5 atom stereocenters. The van der Waals surface area contributed by atoms with Crippen LogP contribution in [-0.4, -0.2) is 41.1 Å². The first-order valence-electron chi connectivity index (χ1n) is 12.8. The van der Waals surface area contributed by atoms with Gasteiger partial charge in [-0.2, -0.15) is 0 Å². The summed E-state index contributed by atoms with van der Waals surface area (Å²) in [6.45, 7) is 16.1. The minimum Gasteiger partial charge on any atom is -0.480 e. The number of aliphatic carboxylic acids is 1. The Bertz CT molecular complexity index is 956. The zero-order valence-electron chi connectivity index (χ0n) is 23.4. The SMILES string of the molecule is CC(CC(c1ccc(OC(=O)C(C)C(C)C)c(OC(=O)C(C)C(C)C)c1)[C@H](N)C(=O)O)OC(=O)C(C)C. The third-order valence-corrected chi connectivity index (χ3v) is 6.65. The molecule has 0 fully saturated rings. The second kappa shape index (κ2) is 14.1. The van der Waals surface area contributed by atoms with E-state index in [1.165, 1.54) is 12.1 Å². The average molecular weight is 522 g/mol. The molecule has 37 heavy (non-hydrogen) atoms. The Morgan fingerprint density at radius 2 is 1.27 bits per heavy atom. The summed E-state index contributed by atoms with van der Waals surface area (Å²) in [6.07, 6.45) is -0.507. The van der Waals surface area contributed by atoms with Crippen molar-refractivity contribution >= 4 is 23.9 Å². The Hall–Kier alpha value is -2.94. The van der Waals surface area contributed by atoms with Gasteiger partial charge in [-0.3, -0.25) is 19.2 Å². The van der Waals surface area contributed by atoms with Crippen molar-refractivity contribution in [1.82, 2.24) is 0 Å². The summed E-state index contributed by atoms with van der Waals surface area (Å²) in [6, 6.07) is 3.19. The summed E-state index contributed by atoms with van der Waals surface area (Å²) in [4.78, 5) is 49.3. The molecule has 0 amide bonds. The van der Waals surface area contributed by atoms with E-state index in [0.717, 1.165) is 0 Å². The zero-order valence-corrected chi connectivity index (χ0v) is 23.4. The van der Waals surface area contributed by atoms with Gasteiger partial charge in [0.15, 0.2) is 11.5 Å². The van der Waals surface area contributed by atoms with E-state index in [2.05, 4.69) is 0 Å². The molecule has 0 bridgehead atoms. The Morgan fingerprint density at radius 1 is 0.784 bits per heavy atom. The fourth-order valence-electron chi connectivity index (χ4n) is 3.27. The van der Waals surface area contributed by atoms with Gasteiger partial charge in [0, 0.05) is 5.92 Å². The predicted molar refractivity (Wildman–Crippen MR) is 139 cm³/mol. The van der Waals surface area contributed by atoms with Gasteiger partial charge in [0.25, 0.3) is 0 Å². The molecule has 0 radical (unpaired) electrons. The van der Waals surface area contributed by atoms with Crippen LogP contribution in [-0.2, 0) is 23.9 Å². The summed E-state index contributed by atoms with van der Waals surface area (Å²) in [5.41, 5.74) is 6.47. The minimum atomic E-state index is -1.33. The lowest BCUT2D eigenvalue weighted by Crippen LogP contribution is -2.38. The molecule has 9 nitrogen and oxygen atoms in total. The van der Waals surface area contributed by atoms with Gasteiger partial charge < -0.3 is 25.1 Å².